The summed E-state index contributed by atoms with van der Waals surface area (Å²) in [6.07, 6.45) is 61.5. The summed E-state index contributed by atoms with van der Waals surface area (Å²) >= 11 is 0. The summed E-state index contributed by atoms with van der Waals surface area (Å²) in [6, 6.07) is -0.648. The average molecular weight is 724 g/mol. The first-order valence-corrected chi connectivity index (χ1v) is 22.2. The van der Waals surface area contributed by atoms with Crippen LogP contribution in [0.15, 0.2) is 72.9 Å². The second-order valence-corrected chi connectivity index (χ2v) is 14.7. The standard InChI is InChI=1S/C48H85NO3/c1-3-5-7-9-11-13-15-17-18-19-20-21-22-23-24-25-26-27-28-29-30-32-34-36-38-40-42-44-48(52)49-46(45-50)47(51)43-41-39-37-35-33-31-16-14-12-10-8-6-4-2/h12,14-15,17,19-20,22-23,33,35,41,43,46-47,50-51H,3-11,13,16,18,21,24-32,34,36-40,42,44-45H2,1-2H3,(H,49,52)/b14-12+,17-15-,20-19-,23-22-,35-33+,43-41+. The molecule has 0 heterocycles. The van der Waals surface area contributed by atoms with Gasteiger partial charge in [0.15, 0.2) is 0 Å². The molecule has 2 unspecified atom stereocenters. The second-order valence-electron chi connectivity index (χ2n) is 14.7. The largest absolute Gasteiger partial charge is 0.394 e. The average Bonchev–Trinajstić information content (AvgIpc) is 3.15. The molecule has 1 amide bonds. The first-order chi connectivity index (χ1) is 25.7. The van der Waals surface area contributed by atoms with Crippen molar-refractivity contribution in [2.75, 3.05) is 6.61 Å². The number of carbonyl (C=O) groups excluding carboxylic acids is 1. The van der Waals surface area contributed by atoms with E-state index in [0.29, 0.717) is 6.42 Å². The summed E-state index contributed by atoms with van der Waals surface area (Å²) in [5, 5.41) is 22.9. The third kappa shape index (κ3) is 39.0. The normalized spacial score (nSPS) is 13.7. The monoisotopic (exact) mass is 724 g/mol. The summed E-state index contributed by atoms with van der Waals surface area (Å²) in [7, 11) is 0. The van der Waals surface area contributed by atoms with Crippen molar-refractivity contribution < 1.29 is 15.0 Å². The molecule has 0 bridgehead atoms. The lowest BCUT2D eigenvalue weighted by Crippen LogP contribution is -2.45. The highest BCUT2D eigenvalue weighted by molar-refractivity contribution is 5.76. The lowest BCUT2D eigenvalue weighted by Gasteiger charge is -2.19. The number of carbonyl (C=O) groups is 1. The molecule has 0 saturated heterocycles. The molecule has 0 saturated carbocycles. The van der Waals surface area contributed by atoms with Gasteiger partial charge in [0.2, 0.25) is 5.91 Å². The molecule has 0 radical (unpaired) electrons. The zero-order valence-electron chi connectivity index (χ0n) is 34.3. The molecule has 2 atom stereocenters. The first-order valence-electron chi connectivity index (χ1n) is 22.2. The lowest BCUT2D eigenvalue weighted by atomic mass is 10.0. The van der Waals surface area contributed by atoms with Crippen LogP contribution in [0.2, 0.25) is 0 Å². The number of hydrogen-bond donors (Lipinski definition) is 3. The van der Waals surface area contributed by atoms with Crippen LogP contribution in [0.25, 0.3) is 0 Å². The molecular weight excluding hydrogens is 639 g/mol. The van der Waals surface area contributed by atoms with Gasteiger partial charge in [-0.3, -0.25) is 4.79 Å². The summed E-state index contributed by atoms with van der Waals surface area (Å²) < 4.78 is 0. The summed E-state index contributed by atoms with van der Waals surface area (Å²) in [4.78, 5) is 12.4. The maximum absolute atomic E-state index is 12.4. The molecule has 0 aliphatic carbocycles. The fourth-order valence-corrected chi connectivity index (χ4v) is 6.22. The molecular formula is C48H85NO3. The molecule has 52 heavy (non-hydrogen) atoms. The highest BCUT2D eigenvalue weighted by atomic mass is 16.3. The topological polar surface area (TPSA) is 69.6 Å². The van der Waals surface area contributed by atoms with E-state index in [2.05, 4.69) is 79.9 Å². The highest BCUT2D eigenvalue weighted by Gasteiger charge is 2.17. The van der Waals surface area contributed by atoms with Crippen molar-refractivity contribution >= 4 is 5.91 Å². The number of aliphatic hydroxyl groups excluding tert-OH is 2. The van der Waals surface area contributed by atoms with Crippen LogP contribution in [-0.4, -0.2) is 34.9 Å². The predicted octanol–water partition coefficient (Wildman–Crippen LogP) is 13.9. The van der Waals surface area contributed by atoms with Gasteiger partial charge in [0.1, 0.15) is 0 Å². The Balaban J connectivity index is 3.59. The molecule has 0 aromatic carbocycles. The Labute approximate surface area is 323 Å². The fraction of sp³-hybridized carbons (Fsp3) is 0.729. The van der Waals surface area contributed by atoms with Gasteiger partial charge in [0, 0.05) is 6.42 Å². The van der Waals surface area contributed by atoms with Gasteiger partial charge in [0.25, 0.3) is 0 Å². The van der Waals surface area contributed by atoms with Crippen LogP contribution < -0.4 is 5.32 Å². The zero-order chi connectivity index (χ0) is 37.8. The lowest BCUT2D eigenvalue weighted by molar-refractivity contribution is -0.123. The third-order valence-corrected chi connectivity index (χ3v) is 9.64. The van der Waals surface area contributed by atoms with Crippen LogP contribution in [0.1, 0.15) is 206 Å². The minimum atomic E-state index is -0.872. The number of amides is 1. The van der Waals surface area contributed by atoms with Crippen molar-refractivity contribution in [1.29, 1.82) is 0 Å². The Kier molecular flexibility index (Phi) is 41.4. The van der Waals surface area contributed by atoms with E-state index in [0.717, 1.165) is 51.4 Å². The van der Waals surface area contributed by atoms with E-state index in [1.165, 1.54) is 135 Å². The highest BCUT2D eigenvalue weighted by Crippen LogP contribution is 2.14. The Bertz CT molecular complexity index is 915. The van der Waals surface area contributed by atoms with Crippen molar-refractivity contribution in [1.82, 2.24) is 5.32 Å². The molecule has 0 aromatic heterocycles. The summed E-state index contributed by atoms with van der Waals surface area (Å²) in [6.45, 7) is 4.24. The first kappa shape index (κ1) is 49.8. The Morgan fingerprint density at radius 1 is 0.462 bits per heavy atom. The van der Waals surface area contributed by atoms with Gasteiger partial charge in [-0.15, -0.1) is 0 Å². The molecule has 0 spiro atoms. The SMILES string of the molecule is CCCCC/C=C/CC/C=C/CC/C=C/C(O)C(CO)NC(=O)CCCCCCCCCCCCCC/C=C\C/C=C\C/C=C\CCCCCCC. The number of nitrogens with one attached hydrogen (secondary N) is 1. The van der Waals surface area contributed by atoms with Gasteiger partial charge in [-0.25, -0.2) is 0 Å². The second kappa shape index (κ2) is 43.2. The van der Waals surface area contributed by atoms with E-state index in [9.17, 15) is 15.0 Å². The number of unbranched alkanes of at least 4 members (excludes halogenated alkanes) is 22. The molecule has 4 heteroatoms. The number of rotatable bonds is 39. The van der Waals surface area contributed by atoms with E-state index < -0.39 is 12.1 Å². The Morgan fingerprint density at radius 3 is 1.29 bits per heavy atom. The quantitative estimate of drug-likeness (QED) is 0.0437. The van der Waals surface area contributed by atoms with E-state index in [4.69, 9.17) is 0 Å². The maximum atomic E-state index is 12.4. The number of aliphatic hydroxyl groups is 2. The van der Waals surface area contributed by atoms with Gasteiger partial charge >= 0.3 is 0 Å². The molecule has 300 valence electrons. The van der Waals surface area contributed by atoms with Crippen LogP contribution in [0, 0.1) is 0 Å². The van der Waals surface area contributed by atoms with Gasteiger partial charge in [-0.2, -0.15) is 0 Å². The van der Waals surface area contributed by atoms with Crippen molar-refractivity contribution in [3.05, 3.63) is 72.9 Å². The fourth-order valence-electron chi connectivity index (χ4n) is 6.22. The molecule has 0 rings (SSSR count). The van der Waals surface area contributed by atoms with Crippen molar-refractivity contribution in [2.24, 2.45) is 0 Å². The van der Waals surface area contributed by atoms with Crippen molar-refractivity contribution in [3.63, 3.8) is 0 Å². The molecule has 3 N–H and O–H groups in total. The molecule has 0 aliphatic rings. The summed E-state index contributed by atoms with van der Waals surface area (Å²) in [5.41, 5.74) is 0. The van der Waals surface area contributed by atoms with Crippen LogP contribution in [-0.2, 0) is 4.79 Å². The molecule has 0 fully saturated rings. The third-order valence-electron chi connectivity index (χ3n) is 9.64. The number of hydrogen-bond acceptors (Lipinski definition) is 3. The van der Waals surface area contributed by atoms with Gasteiger partial charge in [-0.1, -0.05) is 189 Å². The molecule has 0 aromatic rings. The predicted molar refractivity (Wildman–Crippen MR) is 230 cm³/mol. The van der Waals surface area contributed by atoms with E-state index in [1.807, 2.05) is 6.08 Å². The van der Waals surface area contributed by atoms with E-state index >= 15 is 0 Å². The van der Waals surface area contributed by atoms with Crippen LogP contribution in [0.4, 0.5) is 0 Å². The Morgan fingerprint density at radius 2 is 0.808 bits per heavy atom. The Hall–Kier alpha value is -2.17. The van der Waals surface area contributed by atoms with Crippen molar-refractivity contribution in [3.8, 4) is 0 Å². The maximum Gasteiger partial charge on any atom is 0.220 e. The van der Waals surface area contributed by atoms with Crippen LogP contribution in [0.3, 0.4) is 0 Å². The minimum Gasteiger partial charge on any atom is -0.394 e. The number of allylic oxidation sites excluding steroid dienone is 11. The summed E-state index contributed by atoms with van der Waals surface area (Å²) in [5.74, 6) is -0.0838. The van der Waals surface area contributed by atoms with Gasteiger partial charge in [0.05, 0.1) is 18.8 Å². The smallest absolute Gasteiger partial charge is 0.220 e. The van der Waals surface area contributed by atoms with Gasteiger partial charge in [-0.05, 0) is 83.5 Å². The van der Waals surface area contributed by atoms with Gasteiger partial charge < -0.3 is 15.5 Å². The zero-order valence-corrected chi connectivity index (χ0v) is 34.3. The van der Waals surface area contributed by atoms with Crippen LogP contribution >= 0.6 is 0 Å². The van der Waals surface area contributed by atoms with E-state index in [-0.39, 0.29) is 12.5 Å². The minimum absolute atomic E-state index is 0.0838. The van der Waals surface area contributed by atoms with Crippen LogP contribution in [0.5, 0.6) is 0 Å². The van der Waals surface area contributed by atoms with Crippen molar-refractivity contribution in [2.45, 2.75) is 219 Å². The molecule has 4 nitrogen and oxygen atoms in total. The molecule has 0 aliphatic heterocycles. The van der Waals surface area contributed by atoms with E-state index in [1.54, 1.807) is 6.08 Å².